The number of rotatable bonds is 13. The summed E-state index contributed by atoms with van der Waals surface area (Å²) in [7, 11) is 7.31. The van der Waals surface area contributed by atoms with Gasteiger partial charge in [0.1, 0.15) is 109 Å². The SMILES string of the molecule is COCOC1/C=C/c2cc(OC)cc(O)c2C(=O)O[C@@H](C)[C@H](C)/C=C\C(O)[C@@H](O)[C@H]1O.COCOc1cc(OC)cc2c1C(=O)O[C@@H](C)[C@H](C)/C=C\C(OC(=O)c1ccccc1)[C@H]1OC(C)(C)O[C@H]1C(OCOC)/C=C/2.[Na+].[OH-]. The monoisotopic (exact) mass is 1100 g/mol. The first kappa shape index (κ1) is 67.1. The Hall–Kier alpha value is -5.21. The third-order valence-electron chi connectivity index (χ3n) is 12.5. The van der Waals surface area contributed by atoms with Gasteiger partial charge in [0.25, 0.3) is 0 Å². The number of esters is 3. The third-order valence-corrected chi connectivity index (χ3v) is 12.5. The van der Waals surface area contributed by atoms with E-state index in [1.165, 1.54) is 65.9 Å². The molecule has 0 radical (unpaired) electrons. The zero-order valence-electron chi connectivity index (χ0n) is 46.1. The summed E-state index contributed by atoms with van der Waals surface area (Å²) in [5.41, 5.74) is 1.19. The maximum Gasteiger partial charge on any atom is 1.00 e. The van der Waals surface area contributed by atoms with Gasteiger partial charge in [0.2, 0.25) is 0 Å². The second-order valence-electron chi connectivity index (χ2n) is 18.5. The molecule has 0 aromatic heterocycles. The van der Waals surface area contributed by atoms with Crippen LogP contribution in [0.5, 0.6) is 23.0 Å². The van der Waals surface area contributed by atoms with Crippen molar-refractivity contribution in [3.05, 3.63) is 119 Å². The predicted octanol–water partition coefficient (Wildman–Crippen LogP) is 3.24. The second-order valence-corrected chi connectivity index (χ2v) is 18.5. The van der Waals surface area contributed by atoms with Crippen LogP contribution in [0.2, 0.25) is 0 Å². The molecule has 3 aliphatic rings. The van der Waals surface area contributed by atoms with Gasteiger partial charge in [-0.3, -0.25) is 0 Å². The maximum atomic E-state index is 13.7. The van der Waals surface area contributed by atoms with E-state index in [1.54, 1.807) is 95.3 Å². The standard InChI is InChI=1S/C34H42O11.C22H30O9.Na.H2O/c1-21-13-15-27(43-32(35)23-11-9-8-10-12-23)31-30(44-34(3,4)45-31)26(40-19-37-5)16-14-24-17-25(39-7)18-28(41-20-38-6)29(24)33(36)42-22(21)2;1-12-5-7-16(23)20(25)21(26)18(30-11-28-3)8-6-14-9-15(29-4)10-17(24)19(14)22(27)31-13(12)2;;/h8-18,21-22,26-27,30-31H,19-20H2,1-7H3;5-10,12-13,16,18,20-21,23-26H,11H2,1-4H3;;1H2/q;;+1;/p-1/b15-13-,16-14+;7-5-,8-6+;;/t21-,22+,26?,27?,30+,31-;12-,13+,16?,18?,20-,21+;;/m11../s1. The van der Waals surface area contributed by atoms with E-state index in [4.69, 9.17) is 61.6 Å². The number of benzene rings is 3. The van der Waals surface area contributed by atoms with Crippen molar-refractivity contribution in [2.45, 2.75) is 108 Å². The summed E-state index contributed by atoms with van der Waals surface area (Å²) in [5, 5.41) is 41.7. The van der Waals surface area contributed by atoms with Crippen LogP contribution in [-0.4, -0.2) is 167 Å². The Bertz CT molecular complexity index is 2500. The Balaban J connectivity index is 0.000000427. The fraction of sp³-hybridized carbons (Fsp3) is 0.482. The molecule has 21 nitrogen and oxygen atoms in total. The first-order chi connectivity index (χ1) is 36.2. The van der Waals surface area contributed by atoms with E-state index in [9.17, 15) is 34.8 Å². The van der Waals surface area contributed by atoms with Crippen LogP contribution in [0.25, 0.3) is 12.2 Å². The van der Waals surface area contributed by atoms with Crippen molar-refractivity contribution in [2.24, 2.45) is 11.8 Å². The summed E-state index contributed by atoms with van der Waals surface area (Å²) in [6.07, 6.45) is 2.76. The van der Waals surface area contributed by atoms with Gasteiger partial charge in [0, 0.05) is 45.3 Å². The summed E-state index contributed by atoms with van der Waals surface area (Å²) in [6, 6.07) is 14.8. The molecule has 5 N–H and O–H groups in total. The Morgan fingerprint density at radius 1 is 0.615 bits per heavy atom. The van der Waals surface area contributed by atoms with Crippen molar-refractivity contribution in [2.75, 3.05) is 55.9 Å². The van der Waals surface area contributed by atoms with Crippen LogP contribution < -0.4 is 43.8 Å². The number of phenols is 1. The van der Waals surface area contributed by atoms with Crippen LogP contribution in [0.15, 0.2) is 91.1 Å². The number of cyclic esters (lactones) is 2. The maximum absolute atomic E-state index is 13.7. The van der Waals surface area contributed by atoms with E-state index in [2.05, 4.69) is 0 Å². The average Bonchev–Trinajstić information content (AvgIpc) is 3.73. The van der Waals surface area contributed by atoms with Crippen LogP contribution in [-0.2, 0) is 47.4 Å². The minimum Gasteiger partial charge on any atom is -0.870 e. The zero-order chi connectivity index (χ0) is 55.7. The second kappa shape index (κ2) is 32.1. The number of hydrogen-bond acceptors (Lipinski definition) is 21. The molecule has 0 bridgehead atoms. The number of aliphatic hydroxyl groups excluding tert-OH is 3. The Morgan fingerprint density at radius 2 is 1.12 bits per heavy atom. The normalized spacial score (nSPS) is 28.6. The molecular weight excluding hydrogens is 1030 g/mol. The molecule has 6 rings (SSSR count). The molecular formula is C56H73NaO21. The van der Waals surface area contributed by atoms with Crippen LogP contribution in [0.4, 0.5) is 0 Å². The van der Waals surface area contributed by atoms with Crippen LogP contribution in [0.3, 0.4) is 0 Å². The molecule has 0 saturated carbocycles. The van der Waals surface area contributed by atoms with E-state index in [1.807, 2.05) is 19.1 Å². The third kappa shape index (κ3) is 18.4. The van der Waals surface area contributed by atoms with Crippen LogP contribution >= 0.6 is 0 Å². The minimum absolute atomic E-state index is 0. The molecule has 12 atom stereocenters. The molecule has 22 heteroatoms. The number of methoxy groups -OCH3 is 5. The van der Waals surface area contributed by atoms with Crippen LogP contribution in [0.1, 0.15) is 83.7 Å². The van der Waals surface area contributed by atoms with Gasteiger partial charge in [0.15, 0.2) is 12.6 Å². The number of aliphatic hydroxyl groups is 3. The molecule has 3 heterocycles. The predicted molar refractivity (Wildman–Crippen MR) is 278 cm³/mol. The first-order valence-corrected chi connectivity index (χ1v) is 24.5. The molecule has 0 spiro atoms. The molecule has 3 aromatic carbocycles. The van der Waals surface area contributed by atoms with Crippen molar-refractivity contribution in [1.29, 1.82) is 0 Å². The van der Waals surface area contributed by atoms with Gasteiger partial charge in [-0.1, -0.05) is 74.6 Å². The van der Waals surface area contributed by atoms with Gasteiger partial charge in [-0.2, -0.15) is 0 Å². The summed E-state index contributed by atoms with van der Waals surface area (Å²) < 4.78 is 73.4. The van der Waals surface area contributed by atoms with E-state index in [0.29, 0.717) is 22.6 Å². The molecule has 1 saturated heterocycles. The van der Waals surface area contributed by atoms with Gasteiger partial charge in [-0.25, -0.2) is 14.4 Å². The Morgan fingerprint density at radius 3 is 1.68 bits per heavy atom. The van der Waals surface area contributed by atoms with Gasteiger partial charge < -0.3 is 87.5 Å². The zero-order valence-corrected chi connectivity index (χ0v) is 48.1. The van der Waals surface area contributed by atoms with Crippen molar-refractivity contribution in [3.63, 3.8) is 0 Å². The smallest absolute Gasteiger partial charge is 0.870 e. The van der Waals surface area contributed by atoms with E-state index in [0.717, 1.165) is 0 Å². The molecule has 1 fully saturated rings. The largest absolute Gasteiger partial charge is 1.00 e. The number of fused-ring (bicyclic) bond motifs is 3. The Kier molecular flexibility index (Phi) is 27.6. The van der Waals surface area contributed by atoms with E-state index in [-0.39, 0.29) is 95.4 Å². The van der Waals surface area contributed by atoms with E-state index < -0.39 is 84.7 Å². The molecule has 3 aliphatic heterocycles. The first-order valence-electron chi connectivity index (χ1n) is 24.5. The van der Waals surface area contributed by atoms with Crippen molar-refractivity contribution >= 4 is 30.1 Å². The number of hydrogen-bond donors (Lipinski definition) is 4. The minimum atomic E-state index is -1.56. The van der Waals surface area contributed by atoms with Gasteiger partial charge in [-0.05, 0) is 69.2 Å². The van der Waals surface area contributed by atoms with Crippen LogP contribution in [0, 0.1) is 11.8 Å². The number of phenolic OH excluding ortho intramolecular Hbond substituents is 1. The molecule has 3 aromatic rings. The summed E-state index contributed by atoms with van der Waals surface area (Å²) in [4.78, 5) is 39.8. The quantitative estimate of drug-likeness (QED) is 0.0628. The van der Waals surface area contributed by atoms with Crippen molar-refractivity contribution in [1.82, 2.24) is 0 Å². The fourth-order valence-electron chi connectivity index (χ4n) is 8.00. The van der Waals surface area contributed by atoms with E-state index >= 15 is 0 Å². The molecule has 78 heavy (non-hydrogen) atoms. The number of carbonyl (C=O) groups excluding carboxylic acids is 3. The van der Waals surface area contributed by atoms with Crippen molar-refractivity contribution < 1.29 is 131 Å². The van der Waals surface area contributed by atoms with Crippen molar-refractivity contribution in [3.8, 4) is 23.0 Å². The molecule has 0 aliphatic carbocycles. The van der Waals surface area contributed by atoms with Gasteiger partial charge in [-0.15, -0.1) is 0 Å². The summed E-state index contributed by atoms with van der Waals surface area (Å²) in [5.74, 6) is -2.90. The molecule has 424 valence electrons. The summed E-state index contributed by atoms with van der Waals surface area (Å²) >= 11 is 0. The topological polar surface area (TPSA) is 282 Å². The average molecular weight is 1110 g/mol. The summed E-state index contributed by atoms with van der Waals surface area (Å²) in [6.45, 7) is 10.3. The van der Waals surface area contributed by atoms with Gasteiger partial charge >= 0.3 is 47.5 Å². The number of aromatic hydroxyl groups is 1. The molecule has 4 unspecified atom stereocenters. The number of carbonyl (C=O) groups is 3. The molecule has 0 amide bonds. The number of ether oxygens (including phenoxy) is 13. The van der Waals surface area contributed by atoms with Gasteiger partial charge in [0.05, 0.1) is 19.8 Å². The fourth-order valence-corrected chi connectivity index (χ4v) is 8.00. The Labute approximate surface area is 477 Å².